The largest absolute Gasteiger partial charge is 0.377 e. The number of benzene rings is 1. The van der Waals surface area contributed by atoms with Gasteiger partial charge in [0.2, 0.25) is 0 Å². The molecule has 0 saturated carbocycles. The van der Waals surface area contributed by atoms with Crippen molar-refractivity contribution < 1.29 is 9.31 Å². The molecule has 0 aliphatic carbocycles. The van der Waals surface area contributed by atoms with Crippen LogP contribution in [-0.4, -0.2) is 35.5 Å². The Bertz CT molecular complexity index is 534. The summed E-state index contributed by atoms with van der Waals surface area (Å²) < 4.78 is 13.1. The lowest BCUT2D eigenvalue weighted by molar-refractivity contribution is -0.384. The predicted molar refractivity (Wildman–Crippen MR) is 75.0 cm³/mol. The van der Waals surface area contributed by atoms with Crippen LogP contribution in [0.4, 0.5) is 15.8 Å². The SMILES string of the molecule is C#CCN1CCC(Nc2ccc(F)cc2[N+](=O)[O-])CC1. The van der Waals surface area contributed by atoms with Gasteiger partial charge in [-0.15, -0.1) is 6.42 Å². The number of nitro benzene ring substituents is 1. The molecule has 6 heteroatoms. The third-order valence-electron chi connectivity index (χ3n) is 3.42. The number of anilines is 1. The molecular weight excluding hydrogens is 261 g/mol. The third-order valence-corrected chi connectivity index (χ3v) is 3.42. The van der Waals surface area contributed by atoms with Crippen molar-refractivity contribution in [1.29, 1.82) is 0 Å². The highest BCUT2D eigenvalue weighted by atomic mass is 19.1. The van der Waals surface area contributed by atoms with Crippen molar-refractivity contribution in [3.63, 3.8) is 0 Å². The van der Waals surface area contributed by atoms with Gasteiger partial charge in [0.15, 0.2) is 0 Å². The second-order valence-electron chi connectivity index (χ2n) is 4.82. The maximum Gasteiger partial charge on any atom is 0.295 e. The van der Waals surface area contributed by atoms with Gasteiger partial charge in [0.05, 0.1) is 17.5 Å². The van der Waals surface area contributed by atoms with Crippen molar-refractivity contribution in [2.75, 3.05) is 25.0 Å². The molecule has 0 bridgehead atoms. The van der Waals surface area contributed by atoms with Crippen LogP contribution < -0.4 is 5.32 Å². The summed E-state index contributed by atoms with van der Waals surface area (Å²) >= 11 is 0. The molecule has 20 heavy (non-hydrogen) atoms. The van der Waals surface area contributed by atoms with Crippen LogP contribution in [-0.2, 0) is 0 Å². The van der Waals surface area contributed by atoms with E-state index in [1.165, 1.54) is 12.1 Å². The number of nitrogens with zero attached hydrogens (tertiary/aromatic N) is 2. The number of likely N-dealkylation sites (tertiary alicyclic amines) is 1. The molecule has 1 N–H and O–H groups in total. The van der Waals surface area contributed by atoms with Crippen molar-refractivity contribution in [3.8, 4) is 12.3 Å². The lowest BCUT2D eigenvalue weighted by Crippen LogP contribution is -2.39. The van der Waals surface area contributed by atoms with Crippen LogP contribution in [0.15, 0.2) is 18.2 Å². The molecule has 106 valence electrons. The standard InChI is InChI=1S/C14H16FN3O2/c1-2-7-17-8-5-12(6-9-17)16-13-4-3-11(15)10-14(13)18(19)20/h1,3-4,10,12,16H,5-9H2. The number of nitro groups is 1. The molecule has 1 heterocycles. The van der Waals surface area contributed by atoms with Crippen LogP contribution in [0.5, 0.6) is 0 Å². The predicted octanol–water partition coefficient (Wildman–Crippen LogP) is 2.24. The average molecular weight is 277 g/mol. The van der Waals surface area contributed by atoms with Crippen LogP contribution in [0.2, 0.25) is 0 Å². The van der Waals surface area contributed by atoms with E-state index in [9.17, 15) is 14.5 Å². The van der Waals surface area contributed by atoms with E-state index in [0.717, 1.165) is 32.0 Å². The maximum atomic E-state index is 13.1. The fourth-order valence-electron chi connectivity index (χ4n) is 2.36. The molecule has 0 spiro atoms. The van der Waals surface area contributed by atoms with Crippen molar-refractivity contribution in [3.05, 3.63) is 34.1 Å². The Morgan fingerprint density at radius 2 is 2.20 bits per heavy atom. The van der Waals surface area contributed by atoms with Crippen molar-refractivity contribution >= 4 is 11.4 Å². The molecule has 1 aliphatic rings. The number of halogens is 1. The van der Waals surface area contributed by atoms with Gasteiger partial charge < -0.3 is 5.32 Å². The smallest absolute Gasteiger partial charge is 0.295 e. The summed E-state index contributed by atoms with van der Waals surface area (Å²) in [6.45, 7) is 2.34. The van der Waals surface area contributed by atoms with E-state index in [-0.39, 0.29) is 11.7 Å². The van der Waals surface area contributed by atoms with Crippen LogP contribution >= 0.6 is 0 Å². The second kappa shape index (κ2) is 6.35. The summed E-state index contributed by atoms with van der Waals surface area (Å²) in [6.07, 6.45) is 6.98. The van der Waals surface area contributed by atoms with E-state index in [0.29, 0.717) is 12.2 Å². The molecule has 1 aromatic rings. The van der Waals surface area contributed by atoms with E-state index >= 15 is 0 Å². The van der Waals surface area contributed by atoms with Crippen molar-refractivity contribution in [2.24, 2.45) is 0 Å². The molecule has 0 radical (unpaired) electrons. The van der Waals surface area contributed by atoms with Gasteiger partial charge in [-0.05, 0) is 25.0 Å². The molecule has 0 amide bonds. The fraction of sp³-hybridized carbons (Fsp3) is 0.429. The zero-order valence-corrected chi connectivity index (χ0v) is 11.0. The average Bonchev–Trinajstić information content (AvgIpc) is 2.43. The Labute approximate surface area is 116 Å². The number of rotatable bonds is 4. The van der Waals surface area contributed by atoms with E-state index in [1.54, 1.807) is 0 Å². The van der Waals surface area contributed by atoms with Gasteiger partial charge in [-0.25, -0.2) is 4.39 Å². The summed E-state index contributed by atoms with van der Waals surface area (Å²) in [5, 5.41) is 14.1. The van der Waals surface area contributed by atoms with Crippen molar-refractivity contribution in [1.82, 2.24) is 4.90 Å². The molecule has 0 unspecified atom stereocenters. The van der Waals surface area contributed by atoms with Gasteiger partial charge >= 0.3 is 0 Å². The highest BCUT2D eigenvalue weighted by molar-refractivity contribution is 5.61. The second-order valence-corrected chi connectivity index (χ2v) is 4.82. The first kappa shape index (κ1) is 14.3. The molecule has 2 rings (SSSR count). The van der Waals surface area contributed by atoms with E-state index < -0.39 is 10.7 Å². The van der Waals surface area contributed by atoms with Gasteiger partial charge in [0.1, 0.15) is 11.5 Å². The Balaban J connectivity index is 2.01. The number of nitrogens with one attached hydrogen (secondary N) is 1. The Morgan fingerprint density at radius 3 is 2.80 bits per heavy atom. The van der Waals surface area contributed by atoms with Gasteiger partial charge in [0.25, 0.3) is 5.69 Å². The molecular formula is C14H16FN3O2. The zero-order chi connectivity index (χ0) is 14.5. The molecule has 1 aliphatic heterocycles. The molecule has 1 fully saturated rings. The number of piperidine rings is 1. The summed E-state index contributed by atoms with van der Waals surface area (Å²) in [5.74, 6) is 2.00. The van der Waals surface area contributed by atoms with Crippen LogP contribution in [0.3, 0.4) is 0 Å². The summed E-state index contributed by atoms with van der Waals surface area (Å²) in [6, 6.07) is 3.73. The number of terminal acetylenes is 1. The lowest BCUT2D eigenvalue weighted by Gasteiger charge is -2.31. The zero-order valence-electron chi connectivity index (χ0n) is 11.0. The molecule has 5 nitrogen and oxygen atoms in total. The molecule has 0 aromatic heterocycles. The van der Waals surface area contributed by atoms with Crippen LogP contribution in [0.1, 0.15) is 12.8 Å². The number of hydrogen-bond acceptors (Lipinski definition) is 4. The summed E-state index contributed by atoms with van der Waals surface area (Å²) in [4.78, 5) is 12.5. The first-order chi connectivity index (χ1) is 9.60. The van der Waals surface area contributed by atoms with E-state index in [4.69, 9.17) is 6.42 Å². The normalized spacial score (nSPS) is 16.6. The fourth-order valence-corrected chi connectivity index (χ4v) is 2.36. The maximum absolute atomic E-state index is 13.1. The van der Waals surface area contributed by atoms with Gasteiger partial charge in [-0.3, -0.25) is 15.0 Å². The Morgan fingerprint density at radius 1 is 1.50 bits per heavy atom. The minimum absolute atomic E-state index is 0.146. The minimum Gasteiger partial charge on any atom is -0.377 e. The molecule has 0 atom stereocenters. The van der Waals surface area contributed by atoms with Gasteiger partial charge in [-0.2, -0.15) is 0 Å². The first-order valence-electron chi connectivity index (χ1n) is 6.46. The van der Waals surface area contributed by atoms with Gasteiger partial charge in [-0.1, -0.05) is 5.92 Å². The topological polar surface area (TPSA) is 58.4 Å². The first-order valence-corrected chi connectivity index (χ1v) is 6.46. The van der Waals surface area contributed by atoms with E-state index in [2.05, 4.69) is 16.1 Å². The van der Waals surface area contributed by atoms with Crippen molar-refractivity contribution in [2.45, 2.75) is 18.9 Å². The van der Waals surface area contributed by atoms with Crippen LogP contribution in [0, 0.1) is 28.3 Å². The highest BCUT2D eigenvalue weighted by Gasteiger charge is 2.22. The lowest BCUT2D eigenvalue weighted by atomic mass is 10.0. The number of hydrogen-bond donors (Lipinski definition) is 1. The minimum atomic E-state index is -0.605. The van der Waals surface area contributed by atoms with Gasteiger partial charge in [0, 0.05) is 19.1 Å². The quantitative estimate of drug-likeness (QED) is 0.521. The summed E-state index contributed by atoms with van der Waals surface area (Å²) in [5.41, 5.74) is 0.142. The highest BCUT2D eigenvalue weighted by Crippen LogP contribution is 2.27. The molecule has 1 aromatic carbocycles. The Hall–Kier alpha value is -2.13. The molecule has 1 saturated heterocycles. The van der Waals surface area contributed by atoms with E-state index in [1.807, 2.05) is 0 Å². The Kier molecular flexibility index (Phi) is 4.53. The summed E-state index contributed by atoms with van der Waals surface area (Å²) in [7, 11) is 0. The van der Waals surface area contributed by atoms with Crippen LogP contribution in [0.25, 0.3) is 0 Å². The monoisotopic (exact) mass is 277 g/mol. The third kappa shape index (κ3) is 3.45.